The third kappa shape index (κ3) is 3.58. The Balaban J connectivity index is 1.97. The van der Waals surface area contributed by atoms with Crippen molar-refractivity contribution in [1.29, 1.82) is 0 Å². The highest BCUT2D eigenvalue weighted by Gasteiger charge is 2.30. The van der Waals surface area contributed by atoms with E-state index in [-0.39, 0.29) is 17.0 Å². The van der Waals surface area contributed by atoms with E-state index in [1.807, 2.05) is 31.4 Å². The molecule has 0 radical (unpaired) electrons. The third-order valence-electron chi connectivity index (χ3n) is 4.69. The Kier molecular flexibility index (Phi) is 5.13. The second-order valence-corrected chi connectivity index (χ2v) is 9.51. The highest BCUT2D eigenvalue weighted by molar-refractivity contribution is 7.89. The van der Waals surface area contributed by atoms with Gasteiger partial charge in [-0.25, -0.2) is 13.1 Å². The Labute approximate surface area is 148 Å². The molecule has 0 aromatic carbocycles. The van der Waals surface area contributed by atoms with Gasteiger partial charge in [0.25, 0.3) is 0 Å². The number of rotatable bonds is 5. The van der Waals surface area contributed by atoms with Crippen molar-refractivity contribution in [1.82, 2.24) is 14.5 Å². The van der Waals surface area contributed by atoms with Crippen molar-refractivity contribution in [2.45, 2.75) is 63.4 Å². The number of sulfonamides is 1. The SMILES string of the molecule is CC1CCCCC1NS(=O)(=O)c1cn(C(C)C)nc1-c1cccs1. The first-order valence-corrected chi connectivity index (χ1v) is 10.9. The topological polar surface area (TPSA) is 64.0 Å². The van der Waals surface area contributed by atoms with Gasteiger partial charge in [0.05, 0.1) is 4.88 Å². The molecule has 2 atom stereocenters. The Morgan fingerprint density at radius 3 is 2.71 bits per heavy atom. The van der Waals surface area contributed by atoms with Crippen molar-refractivity contribution in [2.24, 2.45) is 5.92 Å². The third-order valence-corrected chi connectivity index (χ3v) is 7.06. The molecule has 2 aromatic rings. The molecular weight excluding hydrogens is 342 g/mol. The molecule has 2 aromatic heterocycles. The van der Waals surface area contributed by atoms with Gasteiger partial charge in [-0.1, -0.05) is 25.8 Å². The quantitative estimate of drug-likeness (QED) is 0.867. The molecule has 2 heterocycles. The van der Waals surface area contributed by atoms with E-state index < -0.39 is 10.0 Å². The smallest absolute Gasteiger partial charge is 0.244 e. The van der Waals surface area contributed by atoms with Crippen LogP contribution in [0.5, 0.6) is 0 Å². The highest BCUT2D eigenvalue weighted by atomic mass is 32.2. The van der Waals surface area contributed by atoms with Gasteiger partial charge in [-0.2, -0.15) is 5.10 Å². The monoisotopic (exact) mass is 367 g/mol. The standard InChI is InChI=1S/C17H25N3O2S2/c1-12(2)20-11-16(17(18-20)15-9-6-10-23-15)24(21,22)19-14-8-5-4-7-13(14)3/h6,9-14,19H,4-5,7-8H2,1-3H3. The number of aromatic nitrogens is 2. The number of hydrogen-bond acceptors (Lipinski definition) is 4. The molecule has 0 amide bonds. The molecule has 1 saturated carbocycles. The van der Waals surface area contributed by atoms with E-state index in [1.165, 1.54) is 17.8 Å². The number of thiophene rings is 1. The summed E-state index contributed by atoms with van der Waals surface area (Å²) in [4.78, 5) is 1.17. The summed E-state index contributed by atoms with van der Waals surface area (Å²) in [5, 5.41) is 6.48. The van der Waals surface area contributed by atoms with Crippen LogP contribution in [-0.4, -0.2) is 24.2 Å². The Hall–Kier alpha value is -1.18. The molecule has 5 nitrogen and oxygen atoms in total. The van der Waals surface area contributed by atoms with Gasteiger partial charge in [-0.05, 0) is 44.1 Å². The fraction of sp³-hybridized carbons (Fsp3) is 0.588. The second-order valence-electron chi connectivity index (χ2n) is 6.88. The van der Waals surface area contributed by atoms with Crippen molar-refractivity contribution in [3.63, 3.8) is 0 Å². The lowest BCUT2D eigenvalue weighted by molar-refractivity contribution is 0.310. The van der Waals surface area contributed by atoms with Gasteiger partial charge in [-0.3, -0.25) is 4.68 Å². The average Bonchev–Trinajstić information content (AvgIpc) is 3.18. The predicted octanol–water partition coefficient (Wildman–Crippen LogP) is 4.05. The van der Waals surface area contributed by atoms with Gasteiger partial charge in [-0.15, -0.1) is 11.3 Å². The summed E-state index contributed by atoms with van der Waals surface area (Å²) in [7, 11) is -3.59. The molecule has 1 fully saturated rings. The summed E-state index contributed by atoms with van der Waals surface area (Å²) in [6.07, 6.45) is 5.92. The maximum Gasteiger partial charge on any atom is 0.244 e. The lowest BCUT2D eigenvalue weighted by Gasteiger charge is -2.29. The number of hydrogen-bond donors (Lipinski definition) is 1. The van der Waals surface area contributed by atoms with Gasteiger partial charge < -0.3 is 0 Å². The Bertz CT molecular complexity index is 779. The van der Waals surface area contributed by atoms with Crippen LogP contribution in [0.25, 0.3) is 10.6 Å². The van der Waals surface area contributed by atoms with Crippen LogP contribution in [0.15, 0.2) is 28.6 Å². The van der Waals surface area contributed by atoms with Crippen molar-refractivity contribution < 1.29 is 8.42 Å². The largest absolute Gasteiger partial charge is 0.268 e. The van der Waals surface area contributed by atoms with Gasteiger partial charge >= 0.3 is 0 Å². The van der Waals surface area contributed by atoms with Crippen LogP contribution < -0.4 is 4.72 Å². The summed E-state index contributed by atoms with van der Waals surface area (Å²) >= 11 is 1.51. The molecule has 0 spiro atoms. The van der Waals surface area contributed by atoms with Crippen molar-refractivity contribution in [3.8, 4) is 10.6 Å². The van der Waals surface area contributed by atoms with Crippen molar-refractivity contribution in [2.75, 3.05) is 0 Å². The lowest BCUT2D eigenvalue weighted by atomic mass is 9.87. The lowest BCUT2D eigenvalue weighted by Crippen LogP contribution is -2.41. The van der Waals surface area contributed by atoms with Gasteiger partial charge in [0, 0.05) is 18.3 Å². The van der Waals surface area contributed by atoms with E-state index in [0.29, 0.717) is 11.6 Å². The van der Waals surface area contributed by atoms with Crippen molar-refractivity contribution in [3.05, 3.63) is 23.7 Å². The van der Waals surface area contributed by atoms with Crippen LogP contribution >= 0.6 is 11.3 Å². The normalized spacial score (nSPS) is 22.2. The van der Waals surface area contributed by atoms with E-state index in [4.69, 9.17) is 0 Å². The Morgan fingerprint density at radius 2 is 2.08 bits per heavy atom. The molecule has 1 aliphatic carbocycles. The molecule has 1 N–H and O–H groups in total. The maximum atomic E-state index is 13.0. The molecule has 7 heteroatoms. The zero-order valence-electron chi connectivity index (χ0n) is 14.4. The molecule has 0 saturated heterocycles. The number of nitrogens with one attached hydrogen (secondary N) is 1. The van der Waals surface area contributed by atoms with Crippen LogP contribution in [0, 0.1) is 5.92 Å². The average molecular weight is 368 g/mol. The fourth-order valence-corrected chi connectivity index (χ4v) is 5.49. The van der Waals surface area contributed by atoms with Crippen LogP contribution in [0.4, 0.5) is 0 Å². The number of nitrogens with zero attached hydrogens (tertiary/aromatic N) is 2. The minimum absolute atomic E-state index is 0.0161. The zero-order valence-corrected chi connectivity index (χ0v) is 16.0. The fourth-order valence-electron chi connectivity index (χ4n) is 3.17. The molecule has 3 rings (SSSR count). The molecule has 1 aliphatic rings. The van der Waals surface area contributed by atoms with E-state index in [0.717, 1.165) is 24.1 Å². The summed E-state index contributed by atoms with van der Waals surface area (Å²) in [5.41, 5.74) is 0.551. The zero-order chi connectivity index (χ0) is 17.3. The highest BCUT2D eigenvalue weighted by Crippen LogP contribution is 2.32. The van der Waals surface area contributed by atoms with E-state index >= 15 is 0 Å². The second kappa shape index (κ2) is 6.98. The molecule has 24 heavy (non-hydrogen) atoms. The molecule has 0 aliphatic heterocycles. The first-order chi connectivity index (χ1) is 11.4. The first-order valence-electron chi connectivity index (χ1n) is 8.54. The van der Waals surface area contributed by atoms with E-state index in [9.17, 15) is 8.42 Å². The predicted molar refractivity (Wildman–Crippen MR) is 97.7 cm³/mol. The summed E-state index contributed by atoms with van der Waals surface area (Å²) in [6, 6.07) is 3.96. The molecule has 132 valence electrons. The van der Waals surface area contributed by atoms with Crippen LogP contribution in [-0.2, 0) is 10.0 Å². The minimum atomic E-state index is -3.59. The van der Waals surface area contributed by atoms with Gasteiger partial charge in [0.1, 0.15) is 10.6 Å². The van der Waals surface area contributed by atoms with Gasteiger partial charge in [0.2, 0.25) is 10.0 Å². The minimum Gasteiger partial charge on any atom is -0.268 e. The van der Waals surface area contributed by atoms with E-state index in [2.05, 4.69) is 16.7 Å². The summed E-state index contributed by atoms with van der Waals surface area (Å²) in [5.74, 6) is 0.374. The van der Waals surface area contributed by atoms with Crippen LogP contribution in [0.2, 0.25) is 0 Å². The maximum absolute atomic E-state index is 13.0. The first kappa shape index (κ1) is 17.6. The van der Waals surface area contributed by atoms with Gasteiger partial charge in [0.15, 0.2) is 0 Å². The van der Waals surface area contributed by atoms with E-state index in [1.54, 1.807) is 10.9 Å². The van der Waals surface area contributed by atoms with Crippen molar-refractivity contribution >= 4 is 21.4 Å². The van der Waals surface area contributed by atoms with Crippen LogP contribution in [0.3, 0.4) is 0 Å². The summed E-state index contributed by atoms with van der Waals surface area (Å²) in [6.45, 7) is 6.13. The van der Waals surface area contributed by atoms with Crippen LogP contribution in [0.1, 0.15) is 52.5 Å². The molecule has 0 bridgehead atoms. The Morgan fingerprint density at radius 1 is 1.33 bits per heavy atom. The summed E-state index contributed by atoms with van der Waals surface area (Å²) < 4.78 is 30.7. The molecule has 2 unspecified atom stereocenters. The molecular formula is C17H25N3O2S2.